The molecule has 2 N–H and O–H groups in total. The highest BCUT2D eigenvalue weighted by atomic mass is 32.1. The molecule has 2 heterocycles. The van der Waals surface area contributed by atoms with E-state index in [1.165, 1.54) is 30.2 Å². The molecule has 2 rings (SSSR count). The lowest BCUT2D eigenvalue weighted by Gasteiger charge is -2.27. The molecule has 0 saturated carbocycles. The van der Waals surface area contributed by atoms with Crippen molar-refractivity contribution in [3.05, 3.63) is 22.4 Å². The molecular weight excluding hydrogens is 323 g/mol. The minimum Gasteiger partial charge on any atom is -0.374 e. The Morgan fingerprint density at radius 2 is 2.18 bits per heavy atom. The SMILES string of the molecule is Cc1csc(C(O)(CC(=O)Nc2nncn2C)C(F)(F)F)n1. The van der Waals surface area contributed by atoms with Gasteiger partial charge in [-0.2, -0.15) is 13.2 Å². The maximum absolute atomic E-state index is 13.2. The Morgan fingerprint density at radius 3 is 2.64 bits per heavy atom. The summed E-state index contributed by atoms with van der Waals surface area (Å²) in [7, 11) is 1.51. The zero-order chi connectivity index (χ0) is 16.5. The van der Waals surface area contributed by atoms with Crippen LogP contribution in [-0.4, -0.2) is 36.9 Å². The van der Waals surface area contributed by atoms with Crippen molar-refractivity contribution in [3.8, 4) is 0 Å². The van der Waals surface area contributed by atoms with E-state index >= 15 is 0 Å². The number of nitrogens with zero attached hydrogens (tertiary/aromatic N) is 4. The average molecular weight is 335 g/mol. The Morgan fingerprint density at radius 1 is 1.50 bits per heavy atom. The highest BCUT2D eigenvalue weighted by Gasteiger charge is 2.58. The second kappa shape index (κ2) is 5.65. The van der Waals surface area contributed by atoms with Crippen molar-refractivity contribution >= 4 is 23.2 Å². The number of hydrogen-bond donors (Lipinski definition) is 2. The molecule has 0 aromatic carbocycles. The fourth-order valence-electron chi connectivity index (χ4n) is 1.64. The molecule has 22 heavy (non-hydrogen) atoms. The molecule has 1 atom stereocenters. The van der Waals surface area contributed by atoms with Gasteiger partial charge in [-0.25, -0.2) is 4.98 Å². The van der Waals surface area contributed by atoms with Crippen LogP contribution in [0.5, 0.6) is 0 Å². The number of alkyl halides is 3. The van der Waals surface area contributed by atoms with Gasteiger partial charge in [-0.3, -0.25) is 10.1 Å². The summed E-state index contributed by atoms with van der Waals surface area (Å²) in [6, 6.07) is 0. The van der Waals surface area contributed by atoms with Crippen molar-refractivity contribution in [2.45, 2.75) is 25.1 Å². The zero-order valence-corrected chi connectivity index (χ0v) is 12.4. The molecule has 7 nitrogen and oxygen atoms in total. The highest BCUT2D eigenvalue weighted by molar-refractivity contribution is 7.09. The minimum atomic E-state index is -5.05. The van der Waals surface area contributed by atoms with E-state index in [1.807, 2.05) is 0 Å². The fourth-order valence-corrected chi connectivity index (χ4v) is 2.55. The first-order valence-electron chi connectivity index (χ1n) is 5.99. The minimum absolute atomic E-state index is 0.0233. The van der Waals surface area contributed by atoms with E-state index in [4.69, 9.17) is 0 Å². The van der Waals surface area contributed by atoms with Crippen molar-refractivity contribution in [2.24, 2.45) is 7.05 Å². The summed E-state index contributed by atoms with van der Waals surface area (Å²) in [5.74, 6) is -1.08. The topological polar surface area (TPSA) is 92.9 Å². The number of aromatic nitrogens is 4. The van der Waals surface area contributed by atoms with Crippen LogP contribution in [0.4, 0.5) is 19.1 Å². The van der Waals surface area contributed by atoms with Crippen molar-refractivity contribution < 1.29 is 23.1 Å². The second-order valence-electron chi connectivity index (χ2n) is 4.64. The number of rotatable bonds is 4. The Kier molecular flexibility index (Phi) is 4.20. The molecule has 0 aliphatic rings. The molecule has 120 valence electrons. The van der Waals surface area contributed by atoms with E-state index in [2.05, 4.69) is 20.5 Å². The molecule has 2 aromatic rings. The van der Waals surface area contributed by atoms with Crippen molar-refractivity contribution in [1.82, 2.24) is 19.7 Å². The number of halogens is 3. The van der Waals surface area contributed by atoms with Gasteiger partial charge in [0.05, 0.1) is 6.42 Å². The summed E-state index contributed by atoms with van der Waals surface area (Å²) in [5, 5.41) is 20.0. The maximum atomic E-state index is 13.2. The van der Waals surface area contributed by atoms with Crippen molar-refractivity contribution in [3.63, 3.8) is 0 Å². The van der Waals surface area contributed by atoms with Gasteiger partial charge in [0.25, 0.3) is 0 Å². The molecule has 0 radical (unpaired) electrons. The molecule has 0 spiro atoms. The number of hydrogen-bond acceptors (Lipinski definition) is 6. The lowest BCUT2D eigenvalue weighted by atomic mass is 9.99. The quantitative estimate of drug-likeness (QED) is 0.880. The first kappa shape index (κ1) is 16.4. The van der Waals surface area contributed by atoms with Crippen LogP contribution >= 0.6 is 11.3 Å². The third-order valence-electron chi connectivity index (χ3n) is 2.82. The van der Waals surface area contributed by atoms with Gasteiger partial charge in [-0.15, -0.1) is 21.5 Å². The Labute approximate surface area is 126 Å². The number of anilines is 1. The summed E-state index contributed by atoms with van der Waals surface area (Å²) in [6.45, 7) is 1.50. The summed E-state index contributed by atoms with van der Waals surface area (Å²) < 4.78 is 41.0. The first-order chi connectivity index (χ1) is 10.1. The second-order valence-corrected chi connectivity index (χ2v) is 5.50. The predicted octanol–water partition coefficient (Wildman–Crippen LogP) is 1.36. The number of carbonyl (C=O) groups excluding carboxylic acids is 1. The van der Waals surface area contributed by atoms with Crippen LogP contribution in [0.2, 0.25) is 0 Å². The van der Waals surface area contributed by atoms with Crippen molar-refractivity contribution in [1.29, 1.82) is 0 Å². The van der Waals surface area contributed by atoms with E-state index in [9.17, 15) is 23.1 Å². The van der Waals surface area contributed by atoms with Gasteiger partial charge in [0.1, 0.15) is 11.3 Å². The summed E-state index contributed by atoms with van der Waals surface area (Å²) in [6.07, 6.45) is -5.00. The maximum Gasteiger partial charge on any atom is 0.424 e. The highest BCUT2D eigenvalue weighted by Crippen LogP contribution is 2.42. The number of carbonyl (C=O) groups is 1. The number of nitrogens with one attached hydrogen (secondary N) is 1. The molecule has 11 heteroatoms. The normalized spacial score (nSPS) is 14.6. The molecular formula is C11H12F3N5O2S. The van der Waals surface area contributed by atoms with Crippen LogP contribution in [0.15, 0.2) is 11.7 Å². The third-order valence-corrected chi connectivity index (χ3v) is 3.93. The molecule has 2 aromatic heterocycles. The van der Waals surface area contributed by atoms with E-state index in [0.717, 1.165) is 0 Å². The molecule has 0 saturated heterocycles. The van der Waals surface area contributed by atoms with Crippen molar-refractivity contribution in [2.75, 3.05) is 5.32 Å². The number of amides is 1. The van der Waals surface area contributed by atoms with Gasteiger partial charge in [0.15, 0.2) is 0 Å². The first-order valence-corrected chi connectivity index (χ1v) is 6.87. The Bertz CT molecular complexity index is 683. The fraction of sp³-hybridized carbons (Fsp3) is 0.455. The smallest absolute Gasteiger partial charge is 0.374 e. The average Bonchev–Trinajstić information content (AvgIpc) is 2.98. The van der Waals surface area contributed by atoms with Crippen LogP contribution < -0.4 is 5.32 Å². The largest absolute Gasteiger partial charge is 0.424 e. The van der Waals surface area contributed by atoms with Crippen LogP contribution in [0.1, 0.15) is 17.1 Å². The van der Waals surface area contributed by atoms with Crippen LogP contribution in [-0.2, 0) is 17.4 Å². The van der Waals surface area contributed by atoms with Crippen LogP contribution in [0.25, 0.3) is 0 Å². The van der Waals surface area contributed by atoms with E-state index in [0.29, 0.717) is 17.0 Å². The lowest BCUT2D eigenvalue weighted by Crippen LogP contribution is -2.45. The zero-order valence-electron chi connectivity index (χ0n) is 11.5. The molecule has 0 bridgehead atoms. The predicted molar refractivity (Wildman–Crippen MR) is 71.1 cm³/mol. The Hall–Kier alpha value is -2.01. The van der Waals surface area contributed by atoms with E-state index < -0.39 is 29.1 Å². The summed E-state index contributed by atoms with van der Waals surface area (Å²) in [5.41, 5.74) is -3.02. The van der Waals surface area contributed by atoms with Crippen LogP contribution in [0, 0.1) is 6.92 Å². The van der Waals surface area contributed by atoms with E-state index in [1.54, 1.807) is 0 Å². The number of thiazole rings is 1. The molecule has 0 fully saturated rings. The molecule has 0 aliphatic heterocycles. The molecule has 0 aliphatic carbocycles. The van der Waals surface area contributed by atoms with Gasteiger partial charge >= 0.3 is 6.18 Å². The summed E-state index contributed by atoms with van der Waals surface area (Å²) in [4.78, 5) is 15.5. The monoisotopic (exact) mass is 335 g/mol. The van der Waals surface area contributed by atoms with Gasteiger partial charge in [0.2, 0.25) is 17.5 Å². The Balaban J connectivity index is 2.24. The standard InChI is InChI=1S/C11H12F3N5O2S/c1-6-4-22-8(16-6)10(21,11(12,13)14)3-7(20)17-9-18-15-5-19(9)2/h4-5,21H,3H2,1-2H3,(H,17,18,20). The summed E-state index contributed by atoms with van der Waals surface area (Å²) >= 11 is 0.642. The third kappa shape index (κ3) is 3.09. The lowest BCUT2D eigenvalue weighted by molar-refractivity contribution is -0.266. The van der Waals surface area contributed by atoms with Gasteiger partial charge < -0.3 is 9.67 Å². The van der Waals surface area contributed by atoms with Gasteiger partial charge in [0, 0.05) is 18.1 Å². The van der Waals surface area contributed by atoms with E-state index in [-0.39, 0.29) is 5.95 Å². The molecule has 1 amide bonds. The van der Waals surface area contributed by atoms with Gasteiger partial charge in [-0.05, 0) is 6.92 Å². The van der Waals surface area contributed by atoms with Crippen LogP contribution in [0.3, 0.4) is 0 Å². The number of aliphatic hydroxyl groups is 1. The van der Waals surface area contributed by atoms with Gasteiger partial charge in [-0.1, -0.05) is 0 Å². The molecule has 1 unspecified atom stereocenters. The number of aryl methyl sites for hydroxylation is 2.